The second-order valence-electron chi connectivity index (χ2n) is 17.6. The molecule has 2 aromatic carbocycles. The number of nitrogens with zero attached hydrogens (tertiary/aromatic N) is 10. The molecule has 1 fully saturated rings. The molecule has 24 heteroatoms. The molecular formula is C50H48BBrN12O8S2. The molecule has 0 saturated carbocycles. The highest BCUT2D eigenvalue weighted by molar-refractivity contribution is 9.10. The van der Waals surface area contributed by atoms with Crippen LogP contribution in [0.1, 0.15) is 53.3 Å². The molecule has 8 aromatic heterocycles. The molecule has 1 saturated heterocycles. The SMILES string of the molecule is CC1(C)OB(c2cncc(NS(=O)(=O)c3ccccc3)c2)OC1(C)C.CCc1nc(-c2cnc3ccc(-c4cncc(NS(=O)(=O)c5ccccc5)c4)cn23)no1.CCc1nc(-c2cnc3ccc(Br)cn23)no1. The van der Waals surface area contributed by atoms with Gasteiger partial charge in [-0.25, -0.2) is 26.8 Å². The number of imidazole rings is 2. The molecule has 0 amide bonds. The quantitative estimate of drug-likeness (QED) is 0.109. The van der Waals surface area contributed by atoms with Crippen LogP contribution in [0.3, 0.4) is 0 Å². The van der Waals surface area contributed by atoms with Gasteiger partial charge in [0.15, 0.2) is 0 Å². The van der Waals surface area contributed by atoms with E-state index in [0.29, 0.717) is 52.4 Å². The van der Waals surface area contributed by atoms with Crippen LogP contribution >= 0.6 is 15.9 Å². The van der Waals surface area contributed by atoms with E-state index in [1.165, 1.54) is 36.7 Å². The fourth-order valence-corrected chi connectivity index (χ4v) is 9.79. The molecular weight excluding hydrogens is 1050 g/mol. The first-order chi connectivity index (χ1) is 35.4. The number of hydrogen-bond acceptors (Lipinski definition) is 16. The van der Waals surface area contributed by atoms with E-state index < -0.39 is 38.4 Å². The maximum absolute atomic E-state index is 12.6. The van der Waals surface area contributed by atoms with E-state index in [2.05, 4.69) is 65.6 Å². The average molecular weight is 1100 g/mol. The van der Waals surface area contributed by atoms with E-state index in [1.54, 1.807) is 73.3 Å². The van der Waals surface area contributed by atoms with Gasteiger partial charge in [-0.2, -0.15) is 9.97 Å². The predicted octanol–water partition coefficient (Wildman–Crippen LogP) is 8.70. The number of aryl methyl sites for hydroxylation is 2. The number of nitrogens with one attached hydrogen (secondary N) is 2. The summed E-state index contributed by atoms with van der Waals surface area (Å²) in [5.74, 6) is 2.19. The zero-order valence-electron chi connectivity index (χ0n) is 40.8. The van der Waals surface area contributed by atoms with Crippen LogP contribution in [-0.4, -0.2) is 84.2 Å². The van der Waals surface area contributed by atoms with E-state index in [9.17, 15) is 16.8 Å². The molecule has 1 aliphatic heterocycles. The van der Waals surface area contributed by atoms with Gasteiger partial charge in [0.1, 0.15) is 22.7 Å². The molecule has 74 heavy (non-hydrogen) atoms. The van der Waals surface area contributed by atoms with Crippen LogP contribution in [0.4, 0.5) is 11.4 Å². The monoisotopic (exact) mass is 1100 g/mol. The number of anilines is 2. The third kappa shape index (κ3) is 11.3. The Kier molecular flexibility index (Phi) is 14.6. The van der Waals surface area contributed by atoms with E-state index >= 15 is 0 Å². The molecule has 378 valence electrons. The summed E-state index contributed by atoms with van der Waals surface area (Å²) in [7, 11) is -7.98. The highest BCUT2D eigenvalue weighted by atomic mass is 79.9. The minimum atomic E-state index is -3.71. The summed E-state index contributed by atoms with van der Waals surface area (Å²) in [6, 6.07) is 27.4. The van der Waals surface area contributed by atoms with Crippen molar-refractivity contribution in [2.24, 2.45) is 0 Å². The van der Waals surface area contributed by atoms with E-state index in [1.807, 2.05) is 87.0 Å². The standard InChI is InChI=1S/C22H18N6O3S.C17H21BN2O4S.C11H9BrN4O/c1-2-21-25-22(26-31-21)19-13-24-20-9-8-15(14-28(19)20)16-10-17(12-23-11-16)27-32(29,30)18-6-4-3-5-7-18;1-16(2)17(3,4)24-18(23-16)13-10-14(12-19-11-13)20-25(21,22)15-8-6-5-7-9-15;1-2-10-14-11(15-17-10)8-5-13-9-4-3-7(12)6-16(8)9/h3-14,27H,2H2,1H3;5-12,20H,1-4H3;3-6H,2H2,1H3. The molecule has 0 atom stereocenters. The zero-order valence-corrected chi connectivity index (χ0v) is 44.0. The van der Waals surface area contributed by atoms with Crippen molar-refractivity contribution in [2.45, 2.75) is 75.4 Å². The van der Waals surface area contributed by atoms with Crippen molar-refractivity contribution >= 4 is 71.2 Å². The Balaban J connectivity index is 0.000000143. The minimum Gasteiger partial charge on any atom is -0.399 e. The number of rotatable bonds is 12. The Bertz CT molecular complexity index is 3800. The van der Waals surface area contributed by atoms with Crippen LogP contribution in [0.15, 0.2) is 170 Å². The molecule has 0 bridgehead atoms. The van der Waals surface area contributed by atoms with Gasteiger partial charge in [0, 0.05) is 58.7 Å². The third-order valence-electron chi connectivity index (χ3n) is 11.9. The van der Waals surface area contributed by atoms with Crippen LogP contribution in [0.5, 0.6) is 0 Å². The minimum absolute atomic E-state index is 0.182. The summed E-state index contributed by atoms with van der Waals surface area (Å²) in [6.45, 7) is 11.8. The molecule has 2 N–H and O–H groups in total. The average Bonchev–Trinajstić information content (AvgIpc) is 4.25. The van der Waals surface area contributed by atoms with Crippen molar-refractivity contribution in [2.75, 3.05) is 9.44 Å². The Morgan fingerprint density at radius 3 is 1.58 bits per heavy atom. The molecule has 0 unspecified atom stereocenters. The van der Waals surface area contributed by atoms with Gasteiger partial charge in [-0.05, 0) is 104 Å². The molecule has 11 rings (SSSR count). The van der Waals surface area contributed by atoms with E-state index in [0.717, 1.165) is 39.0 Å². The summed E-state index contributed by atoms with van der Waals surface area (Å²) >= 11 is 3.43. The van der Waals surface area contributed by atoms with Crippen molar-refractivity contribution in [3.05, 3.63) is 163 Å². The topological polar surface area (TPSA) is 249 Å². The molecule has 0 spiro atoms. The number of sulfonamides is 2. The number of halogens is 1. The van der Waals surface area contributed by atoms with Crippen molar-refractivity contribution in [1.29, 1.82) is 0 Å². The molecule has 10 aromatic rings. The first-order valence-electron chi connectivity index (χ1n) is 23.1. The highest BCUT2D eigenvalue weighted by Gasteiger charge is 2.52. The molecule has 9 heterocycles. The molecule has 1 aliphatic rings. The van der Waals surface area contributed by atoms with Gasteiger partial charge in [0.05, 0.1) is 57.2 Å². The van der Waals surface area contributed by atoms with E-state index in [4.69, 9.17) is 18.4 Å². The highest BCUT2D eigenvalue weighted by Crippen LogP contribution is 2.37. The third-order valence-corrected chi connectivity index (χ3v) is 15.2. The van der Waals surface area contributed by atoms with Crippen LogP contribution in [-0.2, 0) is 42.2 Å². The summed E-state index contributed by atoms with van der Waals surface area (Å²) < 4.78 is 82.3. The van der Waals surface area contributed by atoms with Gasteiger partial charge in [0.2, 0.25) is 23.4 Å². The lowest BCUT2D eigenvalue weighted by atomic mass is 9.80. The fraction of sp³-hybridized carbons (Fsp3) is 0.200. The van der Waals surface area contributed by atoms with Gasteiger partial charge < -0.3 is 18.4 Å². The maximum Gasteiger partial charge on any atom is 0.496 e. The maximum atomic E-state index is 12.6. The lowest BCUT2D eigenvalue weighted by Gasteiger charge is -2.32. The second kappa shape index (κ2) is 21.1. The number of hydrogen-bond donors (Lipinski definition) is 2. The summed E-state index contributed by atoms with van der Waals surface area (Å²) in [6.07, 6.45) is 14.8. The first kappa shape index (κ1) is 51.3. The predicted molar refractivity (Wildman–Crippen MR) is 281 cm³/mol. The van der Waals surface area contributed by atoms with Crippen molar-refractivity contribution in [3.8, 4) is 34.2 Å². The largest absolute Gasteiger partial charge is 0.496 e. The van der Waals surface area contributed by atoms with Crippen molar-refractivity contribution < 1.29 is 35.2 Å². The number of pyridine rings is 4. The summed E-state index contributed by atoms with van der Waals surface area (Å²) in [5, 5.41) is 7.98. The molecule has 0 aliphatic carbocycles. The van der Waals surface area contributed by atoms with Crippen LogP contribution in [0.2, 0.25) is 0 Å². The summed E-state index contributed by atoms with van der Waals surface area (Å²) in [5.41, 5.74) is 5.09. The molecule has 20 nitrogen and oxygen atoms in total. The zero-order chi connectivity index (χ0) is 52.3. The Morgan fingerprint density at radius 1 is 0.581 bits per heavy atom. The normalized spacial score (nSPS) is 14.0. The van der Waals surface area contributed by atoms with Gasteiger partial charge in [-0.15, -0.1) is 0 Å². The Morgan fingerprint density at radius 2 is 1.07 bits per heavy atom. The van der Waals surface area contributed by atoms with Gasteiger partial charge in [-0.1, -0.05) is 60.6 Å². The first-order valence-corrected chi connectivity index (χ1v) is 26.9. The lowest BCUT2D eigenvalue weighted by molar-refractivity contribution is 0.00578. The number of benzene rings is 2. The molecule has 0 radical (unpaired) electrons. The van der Waals surface area contributed by atoms with E-state index in [-0.39, 0.29) is 9.79 Å². The van der Waals surface area contributed by atoms with Crippen LogP contribution < -0.4 is 14.9 Å². The van der Waals surface area contributed by atoms with Crippen LogP contribution in [0.25, 0.3) is 45.5 Å². The number of aromatic nitrogens is 10. The Hall–Kier alpha value is -7.64. The van der Waals surface area contributed by atoms with Crippen molar-refractivity contribution in [3.63, 3.8) is 0 Å². The Labute approximate surface area is 435 Å². The summed E-state index contributed by atoms with van der Waals surface area (Å²) in [4.78, 5) is 26.1. The van der Waals surface area contributed by atoms with Gasteiger partial charge in [0.25, 0.3) is 20.0 Å². The van der Waals surface area contributed by atoms with Gasteiger partial charge >= 0.3 is 7.12 Å². The smallest absolute Gasteiger partial charge is 0.399 e. The number of fused-ring (bicyclic) bond motifs is 2. The van der Waals surface area contributed by atoms with Gasteiger partial charge in [-0.3, -0.25) is 28.2 Å². The lowest BCUT2D eigenvalue weighted by Crippen LogP contribution is -2.41. The second-order valence-corrected chi connectivity index (χ2v) is 21.9. The fourth-order valence-electron chi connectivity index (χ4n) is 7.34. The van der Waals surface area contributed by atoms with Crippen molar-refractivity contribution in [1.82, 2.24) is 49.0 Å². The van der Waals surface area contributed by atoms with Crippen LogP contribution in [0, 0.1) is 0 Å².